The minimum atomic E-state index is -0.0568. The summed E-state index contributed by atoms with van der Waals surface area (Å²) in [5.41, 5.74) is 2.75. The number of hydrogen-bond donors (Lipinski definition) is 0. The number of morpholine rings is 1. The minimum Gasteiger partial charge on any atom is -0.372 e. The van der Waals surface area contributed by atoms with E-state index in [0.29, 0.717) is 13.0 Å². The molecule has 2 atom stereocenters. The van der Waals surface area contributed by atoms with Crippen LogP contribution in [0.15, 0.2) is 59.8 Å². The Balaban J connectivity index is 1.47. The van der Waals surface area contributed by atoms with E-state index in [2.05, 4.69) is 28.8 Å². The van der Waals surface area contributed by atoms with E-state index < -0.39 is 0 Å². The molecular weight excluding hydrogens is 378 g/mol. The number of hydrogen-bond acceptors (Lipinski definition) is 5. The van der Waals surface area contributed by atoms with Gasteiger partial charge in [0.1, 0.15) is 5.65 Å². The van der Waals surface area contributed by atoms with Gasteiger partial charge in [0.15, 0.2) is 0 Å². The molecule has 0 saturated carbocycles. The molecule has 7 heteroatoms. The molecule has 0 aliphatic carbocycles. The minimum absolute atomic E-state index is 0.0568. The van der Waals surface area contributed by atoms with Crippen molar-refractivity contribution in [3.8, 4) is 0 Å². The van der Waals surface area contributed by atoms with Gasteiger partial charge in [0, 0.05) is 37.3 Å². The molecule has 4 aromatic rings. The summed E-state index contributed by atoms with van der Waals surface area (Å²) in [5.74, 6) is 0. The maximum Gasteiger partial charge on any atom is 0.276 e. The van der Waals surface area contributed by atoms with Crippen molar-refractivity contribution in [1.29, 1.82) is 0 Å². The van der Waals surface area contributed by atoms with Crippen molar-refractivity contribution < 1.29 is 4.74 Å². The fourth-order valence-corrected chi connectivity index (χ4v) is 4.34. The summed E-state index contributed by atoms with van der Waals surface area (Å²) in [7, 11) is 0. The zero-order chi connectivity index (χ0) is 20.7. The third-order valence-electron chi connectivity index (χ3n) is 5.61. The van der Waals surface area contributed by atoms with Crippen molar-refractivity contribution in [2.75, 3.05) is 18.0 Å². The second-order valence-electron chi connectivity index (χ2n) is 8.02. The van der Waals surface area contributed by atoms with Crippen LogP contribution >= 0.6 is 0 Å². The number of anilines is 1. The maximum absolute atomic E-state index is 13.4. The molecule has 154 valence electrons. The molecule has 2 unspecified atom stereocenters. The van der Waals surface area contributed by atoms with Crippen LogP contribution in [-0.4, -0.2) is 44.5 Å². The standard InChI is InChI=1S/C23H25N5O2/c1-16-13-27(14-17(2)30-16)20-7-5-6-18-12-24-28(23(29)22(18)20)11-9-19-15-26-10-4-3-8-21(26)25-19/h3-8,10,12,15-17H,9,11,13-14H2,1-2H3. The molecule has 1 aliphatic rings. The largest absolute Gasteiger partial charge is 0.372 e. The quantitative estimate of drug-likeness (QED) is 0.524. The Hall–Kier alpha value is -3.19. The van der Waals surface area contributed by atoms with Crippen LogP contribution in [0, 0.1) is 0 Å². The van der Waals surface area contributed by atoms with Crippen LogP contribution < -0.4 is 10.5 Å². The molecule has 0 N–H and O–H groups in total. The first kappa shape index (κ1) is 18.8. The first-order valence-electron chi connectivity index (χ1n) is 10.4. The summed E-state index contributed by atoms with van der Waals surface area (Å²) in [6.07, 6.45) is 6.67. The molecule has 3 aromatic heterocycles. The van der Waals surface area contributed by atoms with Gasteiger partial charge in [-0.2, -0.15) is 5.10 Å². The third kappa shape index (κ3) is 3.45. The van der Waals surface area contributed by atoms with Crippen LogP contribution in [0.1, 0.15) is 19.5 Å². The molecule has 7 nitrogen and oxygen atoms in total. The molecule has 30 heavy (non-hydrogen) atoms. The first-order chi connectivity index (χ1) is 14.6. The van der Waals surface area contributed by atoms with E-state index in [1.54, 1.807) is 10.9 Å². The first-order valence-corrected chi connectivity index (χ1v) is 10.4. The maximum atomic E-state index is 13.4. The van der Waals surface area contributed by atoms with Crippen molar-refractivity contribution in [3.63, 3.8) is 0 Å². The molecule has 0 spiro atoms. The normalized spacial score (nSPS) is 19.6. The van der Waals surface area contributed by atoms with Gasteiger partial charge >= 0.3 is 0 Å². The number of nitrogens with zero attached hydrogens (tertiary/aromatic N) is 5. The number of pyridine rings is 1. The van der Waals surface area contributed by atoms with E-state index in [9.17, 15) is 4.79 Å². The number of aromatic nitrogens is 4. The Morgan fingerprint density at radius 1 is 1.10 bits per heavy atom. The molecule has 4 heterocycles. The van der Waals surface area contributed by atoms with Crippen LogP contribution in [0.3, 0.4) is 0 Å². The van der Waals surface area contributed by atoms with Gasteiger partial charge in [-0.05, 0) is 32.0 Å². The molecule has 1 aromatic carbocycles. The van der Waals surface area contributed by atoms with Crippen LogP contribution in [-0.2, 0) is 17.7 Å². The van der Waals surface area contributed by atoms with Crippen LogP contribution in [0.5, 0.6) is 0 Å². The smallest absolute Gasteiger partial charge is 0.276 e. The Kier molecular flexibility index (Phi) is 4.75. The average Bonchev–Trinajstić information content (AvgIpc) is 3.15. The van der Waals surface area contributed by atoms with E-state index >= 15 is 0 Å². The predicted molar refractivity (Wildman–Crippen MR) is 117 cm³/mol. The molecule has 0 radical (unpaired) electrons. The highest BCUT2D eigenvalue weighted by Crippen LogP contribution is 2.26. The van der Waals surface area contributed by atoms with Crippen molar-refractivity contribution in [2.24, 2.45) is 0 Å². The van der Waals surface area contributed by atoms with Crippen LogP contribution in [0.25, 0.3) is 16.4 Å². The number of benzene rings is 1. The highest BCUT2D eigenvalue weighted by molar-refractivity contribution is 5.93. The molecule has 1 fully saturated rings. The van der Waals surface area contributed by atoms with Gasteiger partial charge < -0.3 is 14.0 Å². The summed E-state index contributed by atoms with van der Waals surface area (Å²) in [6, 6.07) is 11.9. The van der Waals surface area contributed by atoms with E-state index in [1.807, 2.05) is 53.2 Å². The van der Waals surface area contributed by atoms with E-state index in [4.69, 9.17) is 4.74 Å². The molecule has 0 amide bonds. The van der Waals surface area contributed by atoms with Crippen molar-refractivity contribution in [2.45, 2.75) is 39.0 Å². The van der Waals surface area contributed by atoms with E-state index in [1.165, 1.54) is 0 Å². The Morgan fingerprint density at radius 2 is 1.93 bits per heavy atom. The Morgan fingerprint density at radius 3 is 2.73 bits per heavy atom. The number of aryl methyl sites for hydroxylation is 2. The number of ether oxygens (including phenoxy) is 1. The van der Waals surface area contributed by atoms with Gasteiger partial charge in [0.05, 0.1) is 41.7 Å². The lowest BCUT2D eigenvalue weighted by molar-refractivity contribution is -0.00513. The highest BCUT2D eigenvalue weighted by atomic mass is 16.5. The summed E-state index contributed by atoms with van der Waals surface area (Å²) in [5, 5.41) is 6.01. The van der Waals surface area contributed by atoms with Crippen molar-refractivity contribution in [3.05, 3.63) is 71.0 Å². The van der Waals surface area contributed by atoms with Crippen molar-refractivity contribution >= 4 is 22.1 Å². The summed E-state index contributed by atoms with van der Waals surface area (Å²) >= 11 is 0. The van der Waals surface area contributed by atoms with Gasteiger partial charge in [-0.15, -0.1) is 0 Å². The summed E-state index contributed by atoms with van der Waals surface area (Å²) in [4.78, 5) is 20.2. The lowest BCUT2D eigenvalue weighted by Gasteiger charge is -2.37. The van der Waals surface area contributed by atoms with E-state index in [0.717, 1.165) is 40.9 Å². The number of imidazole rings is 1. The topological polar surface area (TPSA) is 64.7 Å². The summed E-state index contributed by atoms with van der Waals surface area (Å²) < 4.78 is 9.42. The number of fused-ring (bicyclic) bond motifs is 2. The zero-order valence-corrected chi connectivity index (χ0v) is 17.2. The van der Waals surface area contributed by atoms with Gasteiger partial charge in [0.2, 0.25) is 0 Å². The molecule has 1 aliphatic heterocycles. The lowest BCUT2D eigenvalue weighted by atomic mass is 10.1. The van der Waals surface area contributed by atoms with Gasteiger partial charge in [-0.1, -0.05) is 18.2 Å². The van der Waals surface area contributed by atoms with Crippen molar-refractivity contribution in [1.82, 2.24) is 19.2 Å². The molecular formula is C23H25N5O2. The fourth-order valence-electron chi connectivity index (χ4n) is 4.34. The van der Waals surface area contributed by atoms with Crippen LogP contribution in [0.2, 0.25) is 0 Å². The lowest BCUT2D eigenvalue weighted by Crippen LogP contribution is -2.46. The zero-order valence-electron chi connectivity index (χ0n) is 17.2. The molecule has 5 rings (SSSR count). The second kappa shape index (κ2) is 7.57. The Labute approximate surface area is 174 Å². The number of rotatable bonds is 4. The predicted octanol–water partition coefficient (Wildman–Crippen LogP) is 2.90. The monoisotopic (exact) mass is 403 g/mol. The van der Waals surface area contributed by atoms with Gasteiger partial charge in [-0.3, -0.25) is 4.79 Å². The SMILES string of the molecule is CC1CN(c2cccc3cnn(CCc4cn5ccccc5n4)c(=O)c23)CC(C)O1. The molecule has 0 bridgehead atoms. The third-order valence-corrected chi connectivity index (χ3v) is 5.61. The average molecular weight is 403 g/mol. The Bertz CT molecular complexity index is 1220. The van der Waals surface area contributed by atoms with Gasteiger partial charge in [0.25, 0.3) is 5.56 Å². The second-order valence-corrected chi connectivity index (χ2v) is 8.02. The van der Waals surface area contributed by atoms with Gasteiger partial charge in [-0.25, -0.2) is 9.67 Å². The van der Waals surface area contributed by atoms with E-state index in [-0.39, 0.29) is 17.8 Å². The summed E-state index contributed by atoms with van der Waals surface area (Å²) in [6.45, 7) is 6.17. The highest BCUT2D eigenvalue weighted by Gasteiger charge is 2.24. The molecule has 1 saturated heterocycles. The fraction of sp³-hybridized carbons (Fsp3) is 0.348. The van der Waals surface area contributed by atoms with Crippen LogP contribution in [0.4, 0.5) is 5.69 Å².